The molecule has 2 aromatic carbocycles. The van der Waals surface area contributed by atoms with Gasteiger partial charge in [-0.25, -0.2) is 0 Å². The molecule has 0 aromatic heterocycles. The summed E-state index contributed by atoms with van der Waals surface area (Å²) in [6.45, 7) is 2.20. The van der Waals surface area contributed by atoms with Crippen LogP contribution < -0.4 is 4.90 Å². The second-order valence-electron chi connectivity index (χ2n) is 5.27. The van der Waals surface area contributed by atoms with Crippen LogP contribution in [0.5, 0.6) is 0 Å². The van der Waals surface area contributed by atoms with Crippen molar-refractivity contribution in [2.45, 2.75) is 18.9 Å². The predicted molar refractivity (Wildman–Crippen MR) is 80.8 cm³/mol. The van der Waals surface area contributed by atoms with Gasteiger partial charge >= 0.3 is 0 Å². The van der Waals surface area contributed by atoms with Gasteiger partial charge in [-0.2, -0.15) is 0 Å². The molecule has 0 fully saturated rings. The van der Waals surface area contributed by atoms with Crippen LogP contribution in [0.15, 0.2) is 65.7 Å². The summed E-state index contributed by atoms with van der Waals surface area (Å²) < 4.78 is 0. The lowest BCUT2D eigenvalue weighted by molar-refractivity contribution is 0.720. The van der Waals surface area contributed by atoms with Gasteiger partial charge in [0.25, 0.3) is 0 Å². The van der Waals surface area contributed by atoms with Crippen LogP contribution in [0.2, 0.25) is 0 Å². The third-order valence-corrected chi connectivity index (χ3v) is 3.64. The minimum atomic E-state index is -0.0358. The number of benzene rings is 2. The van der Waals surface area contributed by atoms with E-state index < -0.39 is 0 Å². The standard InChI is InChI=1S/C17H18N2/c1-17(13-14-9-5-3-6-10-14)16(18-17)19(2)15-11-7-4-8-12-15/h3-12H,13H2,1-2H3. The monoisotopic (exact) mass is 250 g/mol. The van der Waals surface area contributed by atoms with Crippen molar-refractivity contribution < 1.29 is 0 Å². The van der Waals surface area contributed by atoms with E-state index in [1.165, 1.54) is 17.1 Å². The highest BCUT2D eigenvalue weighted by Gasteiger charge is 2.45. The Hall–Kier alpha value is -2.09. The third kappa shape index (κ3) is 2.39. The Balaban J connectivity index is 1.71. The molecule has 0 spiro atoms. The van der Waals surface area contributed by atoms with Gasteiger partial charge in [-0.15, -0.1) is 0 Å². The van der Waals surface area contributed by atoms with Gasteiger partial charge in [-0.1, -0.05) is 48.5 Å². The molecule has 0 saturated carbocycles. The third-order valence-electron chi connectivity index (χ3n) is 3.64. The van der Waals surface area contributed by atoms with E-state index in [1.54, 1.807) is 0 Å². The molecule has 96 valence electrons. The summed E-state index contributed by atoms with van der Waals surface area (Å²) in [6.07, 6.45) is 0.973. The fraction of sp³-hybridized carbons (Fsp3) is 0.235. The number of aliphatic imine (C=N–C) groups is 1. The summed E-state index contributed by atoms with van der Waals surface area (Å²) in [5, 5.41) is 0. The average molecular weight is 250 g/mol. The molecule has 1 unspecified atom stereocenters. The molecule has 2 aromatic rings. The number of hydrogen-bond donors (Lipinski definition) is 0. The summed E-state index contributed by atoms with van der Waals surface area (Å²) in [7, 11) is 2.09. The molecule has 3 rings (SSSR count). The highest BCUT2D eigenvalue weighted by atomic mass is 15.3. The summed E-state index contributed by atoms with van der Waals surface area (Å²) in [5.41, 5.74) is 2.50. The van der Waals surface area contributed by atoms with Crippen LogP contribution in [-0.4, -0.2) is 18.4 Å². The minimum Gasteiger partial charge on any atom is -0.331 e. The SMILES string of the molecule is CN(C1=NC1(C)Cc1ccccc1)c1ccccc1. The maximum atomic E-state index is 4.70. The van der Waals surface area contributed by atoms with E-state index in [2.05, 4.69) is 73.5 Å². The maximum absolute atomic E-state index is 4.70. The molecular weight excluding hydrogens is 232 g/mol. The Labute approximate surface area is 114 Å². The van der Waals surface area contributed by atoms with Gasteiger partial charge < -0.3 is 4.90 Å². The molecule has 0 saturated heterocycles. The van der Waals surface area contributed by atoms with E-state index in [1.807, 2.05) is 6.07 Å². The molecule has 2 heteroatoms. The molecule has 2 nitrogen and oxygen atoms in total. The van der Waals surface area contributed by atoms with Gasteiger partial charge in [-0.05, 0) is 24.6 Å². The topological polar surface area (TPSA) is 15.6 Å². The van der Waals surface area contributed by atoms with E-state index >= 15 is 0 Å². The van der Waals surface area contributed by atoms with Crippen LogP contribution in [0.1, 0.15) is 12.5 Å². The van der Waals surface area contributed by atoms with Crippen molar-refractivity contribution in [3.8, 4) is 0 Å². The number of anilines is 1. The van der Waals surface area contributed by atoms with E-state index in [9.17, 15) is 0 Å². The summed E-state index contributed by atoms with van der Waals surface area (Å²) >= 11 is 0. The van der Waals surface area contributed by atoms with Crippen molar-refractivity contribution in [2.24, 2.45) is 4.99 Å². The van der Waals surface area contributed by atoms with Crippen LogP contribution in [0.3, 0.4) is 0 Å². The maximum Gasteiger partial charge on any atom is 0.133 e. The molecule has 0 amide bonds. The molecule has 0 aliphatic carbocycles. The molecule has 0 N–H and O–H groups in total. The van der Waals surface area contributed by atoms with E-state index in [0.29, 0.717) is 0 Å². The second kappa shape index (κ2) is 4.54. The first-order valence-corrected chi connectivity index (χ1v) is 6.62. The average Bonchev–Trinajstić information content (AvgIpc) is 3.11. The quantitative estimate of drug-likeness (QED) is 0.813. The van der Waals surface area contributed by atoms with Crippen LogP contribution in [0.4, 0.5) is 5.69 Å². The Kier molecular flexibility index (Phi) is 2.86. The van der Waals surface area contributed by atoms with Gasteiger partial charge in [-0.3, -0.25) is 4.99 Å². The molecule has 0 radical (unpaired) electrons. The first-order chi connectivity index (χ1) is 9.19. The van der Waals surface area contributed by atoms with Crippen molar-refractivity contribution in [3.05, 3.63) is 66.2 Å². The number of para-hydroxylation sites is 1. The largest absolute Gasteiger partial charge is 0.331 e. The Morgan fingerprint density at radius 1 is 0.947 bits per heavy atom. The van der Waals surface area contributed by atoms with E-state index in [4.69, 9.17) is 4.99 Å². The molecule has 0 bridgehead atoms. The predicted octanol–water partition coefficient (Wildman–Crippen LogP) is 3.54. The highest BCUT2D eigenvalue weighted by Crippen LogP contribution is 2.35. The van der Waals surface area contributed by atoms with Gasteiger partial charge in [0, 0.05) is 19.2 Å². The van der Waals surface area contributed by atoms with Crippen molar-refractivity contribution in [1.29, 1.82) is 0 Å². The summed E-state index contributed by atoms with van der Waals surface area (Å²) in [4.78, 5) is 6.88. The molecule has 1 aliphatic rings. The number of rotatable bonds is 3. The summed E-state index contributed by atoms with van der Waals surface area (Å²) in [6, 6.07) is 20.9. The lowest BCUT2D eigenvalue weighted by atomic mass is 9.98. The zero-order valence-electron chi connectivity index (χ0n) is 11.4. The number of amidine groups is 1. The van der Waals surface area contributed by atoms with Gasteiger partial charge in [0.2, 0.25) is 0 Å². The van der Waals surface area contributed by atoms with Crippen molar-refractivity contribution in [3.63, 3.8) is 0 Å². The number of hydrogen-bond acceptors (Lipinski definition) is 2. The lowest BCUT2D eigenvalue weighted by Gasteiger charge is -2.18. The Morgan fingerprint density at radius 3 is 2.16 bits per heavy atom. The fourth-order valence-corrected chi connectivity index (χ4v) is 2.53. The van der Waals surface area contributed by atoms with Crippen LogP contribution in [-0.2, 0) is 6.42 Å². The van der Waals surface area contributed by atoms with Crippen molar-refractivity contribution >= 4 is 11.5 Å². The van der Waals surface area contributed by atoms with Crippen LogP contribution in [0, 0.1) is 0 Å². The second-order valence-corrected chi connectivity index (χ2v) is 5.27. The van der Waals surface area contributed by atoms with Gasteiger partial charge in [0.05, 0.1) is 0 Å². The number of nitrogens with zero attached hydrogens (tertiary/aromatic N) is 2. The minimum absolute atomic E-state index is 0.0358. The zero-order chi connectivity index (χ0) is 13.3. The fourth-order valence-electron chi connectivity index (χ4n) is 2.53. The summed E-state index contributed by atoms with van der Waals surface area (Å²) in [5.74, 6) is 1.17. The molecule has 1 heterocycles. The van der Waals surface area contributed by atoms with Crippen LogP contribution >= 0.6 is 0 Å². The Morgan fingerprint density at radius 2 is 1.53 bits per heavy atom. The zero-order valence-corrected chi connectivity index (χ0v) is 11.4. The highest BCUT2D eigenvalue weighted by molar-refractivity contribution is 6.13. The van der Waals surface area contributed by atoms with E-state index in [-0.39, 0.29) is 5.54 Å². The van der Waals surface area contributed by atoms with Gasteiger partial charge in [0.1, 0.15) is 11.4 Å². The van der Waals surface area contributed by atoms with Gasteiger partial charge in [0.15, 0.2) is 0 Å². The molecular formula is C17H18N2. The molecule has 1 aliphatic heterocycles. The smallest absolute Gasteiger partial charge is 0.133 e. The first-order valence-electron chi connectivity index (χ1n) is 6.62. The van der Waals surface area contributed by atoms with E-state index in [0.717, 1.165) is 6.42 Å². The Bertz CT molecular complexity index is 589. The lowest BCUT2D eigenvalue weighted by Crippen LogP contribution is -2.30. The van der Waals surface area contributed by atoms with Crippen molar-refractivity contribution in [1.82, 2.24) is 0 Å². The van der Waals surface area contributed by atoms with Crippen LogP contribution in [0.25, 0.3) is 0 Å². The number of likely N-dealkylation sites (N-methyl/N-ethyl adjacent to an activating group) is 1. The normalized spacial score (nSPS) is 20.8. The molecule has 1 atom stereocenters. The molecule has 19 heavy (non-hydrogen) atoms. The van der Waals surface area contributed by atoms with Crippen molar-refractivity contribution in [2.75, 3.05) is 11.9 Å². The first kappa shape index (κ1) is 12.0.